The number of aryl methyl sites for hydroxylation is 6. The van der Waals surface area contributed by atoms with Crippen LogP contribution in [0.2, 0.25) is 0 Å². The second kappa shape index (κ2) is 27.2. The number of aromatic hydroxyl groups is 8. The molecule has 414 valence electrons. The van der Waals surface area contributed by atoms with Crippen molar-refractivity contribution in [3.05, 3.63) is 210 Å². The van der Waals surface area contributed by atoms with Gasteiger partial charge in [-0.15, -0.1) is 0 Å². The van der Waals surface area contributed by atoms with Gasteiger partial charge in [-0.3, -0.25) is 25.4 Å². The van der Waals surface area contributed by atoms with Crippen molar-refractivity contribution in [3.8, 4) is 113 Å². The molecule has 0 aliphatic carbocycles. The number of aromatic amines is 4. The number of pyridine rings is 1. The number of nitrogens with zero attached hydrogens (tertiary/aromatic N) is 5. The van der Waals surface area contributed by atoms with E-state index in [2.05, 4.69) is 45.8 Å². The number of phenols is 8. The van der Waals surface area contributed by atoms with E-state index in [1.807, 2.05) is 146 Å². The average molecular weight is 1090 g/mol. The number of rotatable bonds is 9. The van der Waals surface area contributed by atoms with Crippen LogP contribution in [0.3, 0.4) is 0 Å². The molecular formula is C64H65N9O8. The van der Waals surface area contributed by atoms with Crippen molar-refractivity contribution in [2.45, 2.75) is 61.3 Å². The molecule has 5 heterocycles. The van der Waals surface area contributed by atoms with Gasteiger partial charge in [-0.05, 0) is 131 Å². The van der Waals surface area contributed by atoms with Crippen LogP contribution < -0.4 is 0 Å². The van der Waals surface area contributed by atoms with E-state index in [-0.39, 0.29) is 46.0 Å². The van der Waals surface area contributed by atoms with Crippen LogP contribution in [0.5, 0.6) is 46.0 Å². The number of hydrogen-bond acceptors (Lipinski definition) is 13. The summed E-state index contributed by atoms with van der Waals surface area (Å²) < 4.78 is 0. The maximum Gasteiger partial charge on any atom is 0.128 e. The maximum absolute atomic E-state index is 10.0. The lowest BCUT2D eigenvalue weighted by atomic mass is 9.99. The molecule has 0 aliphatic rings. The van der Waals surface area contributed by atoms with Gasteiger partial charge in [-0.2, -0.15) is 20.4 Å². The lowest BCUT2D eigenvalue weighted by Crippen LogP contribution is -1.88. The number of hydrogen-bond donors (Lipinski definition) is 12. The van der Waals surface area contributed by atoms with Gasteiger partial charge in [0.1, 0.15) is 57.4 Å². The van der Waals surface area contributed by atoms with Gasteiger partial charge >= 0.3 is 0 Å². The first-order chi connectivity index (χ1) is 39.0. The summed E-state index contributed by atoms with van der Waals surface area (Å²) in [5, 5.41) is 106. The van der Waals surface area contributed by atoms with Crippen molar-refractivity contribution < 1.29 is 40.9 Å². The lowest BCUT2D eigenvalue weighted by molar-refractivity contribution is 0.447. The summed E-state index contributed by atoms with van der Waals surface area (Å²) in [6.07, 6.45) is 9.09. The molecule has 0 fully saturated rings. The smallest absolute Gasteiger partial charge is 0.128 e. The Morgan fingerprint density at radius 2 is 0.914 bits per heavy atom. The molecule has 0 unspecified atom stereocenters. The van der Waals surface area contributed by atoms with Crippen LogP contribution in [0.25, 0.3) is 67.3 Å². The van der Waals surface area contributed by atoms with Crippen LogP contribution >= 0.6 is 0 Å². The molecule has 0 spiro atoms. The van der Waals surface area contributed by atoms with Crippen LogP contribution in [0.4, 0.5) is 0 Å². The number of benzene rings is 6. The highest BCUT2D eigenvalue weighted by Gasteiger charge is 2.20. The molecule has 11 aromatic rings. The highest BCUT2D eigenvalue weighted by molar-refractivity contribution is 5.86. The average Bonchev–Trinajstić information content (AvgIpc) is 4.28. The van der Waals surface area contributed by atoms with Crippen molar-refractivity contribution in [2.24, 2.45) is 0 Å². The van der Waals surface area contributed by atoms with E-state index in [0.717, 1.165) is 68.3 Å². The van der Waals surface area contributed by atoms with Crippen molar-refractivity contribution in [2.75, 3.05) is 0 Å². The molecular weight excluding hydrogens is 1020 g/mol. The summed E-state index contributed by atoms with van der Waals surface area (Å²) >= 11 is 0. The molecule has 6 aromatic carbocycles. The third kappa shape index (κ3) is 14.7. The third-order valence-electron chi connectivity index (χ3n) is 12.7. The van der Waals surface area contributed by atoms with Gasteiger partial charge in [0.2, 0.25) is 0 Å². The zero-order valence-electron chi connectivity index (χ0n) is 45.9. The van der Waals surface area contributed by atoms with Gasteiger partial charge < -0.3 is 40.9 Å². The Hall–Kier alpha value is -10.6. The van der Waals surface area contributed by atoms with Gasteiger partial charge in [-0.1, -0.05) is 85.8 Å². The minimum Gasteiger partial charge on any atom is -0.508 e. The van der Waals surface area contributed by atoms with Crippen LogP contribution in [0, 0.1) is 34.6 Å². The fraction of sp³-hybridized carbons (Fsp3) is 0.141. The van der Waals surface area contributed by atoms with Gasteiger partial charge in [0.05, 0.1) is 11.4 Å². The van der Waals surface area contributed by atoms with E-state index in [0.29, 0.717) is 45.8 Å². The van der Waals surface area contributed by atoms with Crippen LogP contribution in [-0.4, -0.2) is 86.6 Å². The zero-order chi connectivity index (χ0) is 58.2. The number of allylic oxidation sites excluding steroid dienone is 2. The van der Waals surface area contributed by atoms with Gasteiger partial charge in [0.15, 0.2) is 0 Å². The Morgan fingerprint density at radius 3 is 1.32 bits per heavy atom. The van der Waals surface area contributed by atoms with Gasteiger partial charge in [-0.25, -0.2) is 0 Å². The minimum absolute atomic E-state index is 0.00804. The fourth-order valence-electron chi connectivity index (χ4n) is 8.60. The minimum atomic E-state index is 0.00804. The molecule has 0 atom stereocenters. The summed E-state index contributed by atoms with van der Waals surface area (Å²) in [7, 11) is 0. The van der Waals surface area contributed by atoms with E-state index in [9.17, 15) is 40.9 Å². The maximum atomic E-state index is 10.0. The molecule has 0 bridgehead atoms. The summed E-state index contributed by atoms with van der Waals surface area (Å²) in [6.45, 7) is 13.7. The Balaban J connectivity index is 0.000000150. The SMILES string of the molecule is C/C=C\Cc1c(-c2ccc(O)cc2O)n[nH]c1C.CCc1cc(-c2cc(C)[nH]n2)c(O)cc1O.Cc1[nH]nc(-c2ccc(O)cc2O)c1-c1ccccc1.Cc1[nH]nc(-c2ccc(O)cc2O)c1-c1ccccc1.Cc1cccnc1. The molecule has 12 N–H and O–H groups in total. The molecule has 17 heteroatoms. The largest absolute Gasteiger partial charge is 0.508 e. The zero-order valence-corrected chi connectivity index (χ0v) is 45.9. The fourth-order valence-corrected chi connectivity index (χ4v) is 8.60. The quantitative estimate of drug-likeness (QED) is 0.0600. The predicted octanol–water partition coefficient (Wildman–Crippen LogP) is 13.6. The van der Waals surface area contributed by atoms with Crippen LogP contribution in [0.1, 0.15) is 53.3 Å². The Bertz CT molecular complexity index is 3720. The van der Waals surface area contributed by atoms with Crippen LogP contribution in [0.15, 0.2) is 170 Å². The summed E-state index contributed by atoms with van der Waals surface area (Å²) in [5.41, 5.74) is 16.0. The van der Waals surface area contributed by atoms with E-state index in [4.69, 9.17) is 0 Å². The molecule has 5 aromatic heterocycles. The first-order valence-corrected chi connectivity index (χ1v) is 25.8. The number of phenolic OH excluding ortho intramolecular Hbond substituents is 8. The highest BCUT2D eigenvalue weighted by atomic mass is 16.3. The van der Waals surface area contributed by atoms with Crippen molar-refractivity contribution in [1.82, 2.24) is 45.8 Å². The second-order valence-corrected chi connectivity index (χ2v) is 18.7. The Morgan fingerprint density at radius 1 is 0.444 bits per heavy atom. The number of nitrogens with one attached hydrogen (secondary N) is 4. The standard InChI is InChI=1S/2C16H14N2O2.C14H16N2O2.C12H14N2O2.C6H7N/c2*1-10-15(11-5-3-2-4-6-11)16(18-17-10)13-8-7-12(19)9-14(13)20;1-3-4-5-11-9(2)15-16-14(11)12-7-6-10(17)8-13(12)18;1-3-8-5-9(12(16)6-11(8)15)10-4-7(2)13-14-10;1-6-3-2-4-7-5-6/h2*2-9,19-20H,1H3,(H,17,18);3-4,6-8,17-18H,5H2,1-2H3,(H,15,16);4-6,15-16H,3H2,1-2H3,(H,13,14);2-5H,1H3/b;;4-3-;;. The number of aromatic nitrogens is 9. The molecule has 0 aliphatic heterocycles. The monoisotopic (exact) mass is 1090 g/mol. The van der Waals surface area contributed by atoms with E-state index in [1.54, 1.807) is 36.5 Å². The third-order valence-corrected chi connectivity index (χ3v) is 12.7. The first kappa shape index (κ1) is 58.1. The van der Waals surface area contributed by atoms with E-state index < -0.39 is 0 Å². The van der Waals surface area contributed by atoms with Crippen LogP contribution in [-0.2, 0) is 12.8 Å². The molecule has 0 radical (unpaired) electrons. The topological polar surface area (TPSA) is 289 Å². The Kier molecular flexibility index (Phi) is 19.5. The molecule has 0 amide bonds. The molecule has 0 saturated heterocycles. The first-order valence-electron chi connectivity index (χ1n) is 25.8. The number of H-pyrrole nitrogens is 4. The van der Waals surface area contributed by atoms with Gasteiger partial charge in [0.25, 0.3) is 0 Å². The van der Waals surface area contributed by atoms with E-state index in [1.165, 1.54) is 42.0 Å². The summed E-state index contributed by atoms with van der Waals surface area (Å²) in [6, 6.07) is 42.2. The molecule has 11 rings (SSSR count). The second-order valence-electron chi connectivity index (χ2n) is 18.7. The molecule has 0 saturated carbocycles. The normalized spacial score (nSPS) is 10.6. The predicted molar refractivity (Wildman–Crippen MR) is 316 cm³/mol. The summed E-state index contributed by atoms with van der Waals surface area (Å²) in [5.74, 6) is 0.306. The van der Waals surface area contributed by atoms with Crippen molar-refractivity contribution in [1.29, 1.82) is 0 Å². The summed E-state index contributed by atoms with van der Waals surface area (Å²) in [4.78, 5) is 3.88. The molecule has 81 heavy (non-hydrogen) atoms. The van der Waals surface area contributed by atoms with E-state index >= 15 is 0 Å². The van der Waals surface area contributed by atoms with Crippen molar-refractivity contribution >= 4 is 0 Å². The highest BCUT2D eigenvalue weighted by Crippen LogP contribution is 2.41. The molecule has 17 nitrogen and oxygen atoms in total. The van der Waals surface area contributed by atoms with Gasteiger partial charge in [0, 0.05) is 98.4 Å². The lowest BCUT2D eigenvalue weighted by Gasteiger charge is -2.06. The Labute approximate surface area is 469 Å². The van der Waals surface area contributed by atoms with Crippen molar-refractivity contribution in [3.63, 3.8) is 0 Å².